The van der Waals surface area contributed by atoms with E-state index in [1.165, 1.54) is 0 Å². The van der Waals surface area contributed by atoms with Gasteiger partial charge in [0.2, 0.25) is 0 Å². The summed E-state index contributed by atoms with van der Waals surface area (Å²) in [5.74, 6) is 1.14. The van der Waals surface area contributed by atoms with Crippen LogP contribution in [0.3, 0.4) is 0 Å². The van der Waals surface area contributed by atoms with Gasteiger partial charge in [0.25, 0.3) is 0 Å². The minimum Gasteiger partial charge on any atom is -0.455 e. The van der Waals surface area contributed by atoms with Crippen molar-refractivity contribution in [3.05, 3.63) is 36.2 Å². The Morgan fingerprint density at radius 1 is 1.33 bits per heavy atom. The third-order valence-electron chi connectivity index (χ3n) is 1.66. The highest BCUT2D eigenvalue weighted by atomic mass is 16.5. The third kappa shape index (κ3) is 1.14. The van der Waals surface area contributed by atoms with E-state index in [4.69, 9.17) is 4.74 Å². The van der Waals surface area contributed by atoms with Crippen molar-refractivity contribution >= 4 is 5.69 Å². The first-order chi connectivity index (χ1) is 5.90. The van der Waals surface area contributed by atoms with E-state index in [9.17, 15) is 5.11 Å². The normalized spacial score (nSPS) is 13.9. The van der Waals surface area contributed by atoms with Gasteiger partial charge < -0.3 is 10.1 Å². The highest BCUT2D eigenvalue weighted by Gasteiger charge is 2.09. The van der Waals surface area contributed by atoms with E-state index in [1.54, 1.807) is 6.20 Å². The molecule has 1 N–H and O–H groups in total. The second-order valence-electron chi connectivity index (χ2n) is 2.50. The molecular formula is C9H8NO2. The summed E-state index contributed by atoms with van der Waals surface area (Å²) in [6.45, 7) is -0.332. The second kappa shape index (κ2) is 2.87. The maximum atomic E-state index is 10.5. The van der Waals surface area contributed by atoms with E-state index >= 15 is 0 Å². The molecule has 1 heterocycles. The van der Waals surface area contributed by atoms with E-state index in [0.717, 1.165) is 5.69 Å². The lowest BCUT2D eigenvalue weighted by molar-refractivity contribution is 0.182. The van der Waals surface area contributed by atoms with Crippen molar-refractivity contribution in [1.82, 2.24) is 0 Å². The van der Waals surface area contributed by atoms with Gasteiger partial charge in [-0.2, -0.15) is 0 Å². The van der Waals surface area contributed by atoms with Crippen LogP contribution in [0.25, 0.3) is 0 Å². The quantitative estimate of drug-likeness (QED) is 0.683. The van der Waals surface area contributed by atoms with Crippen molar-refractivity contribution in [3.63, 3.8) is 0 Å². The number of nitrogens with one attached hydrogen (secondary N) is 1. The standard InChI is InChI=1S/C9H8NO2/c11-6-7-5-10-8-3-1-2-4-9(8)12-7/h1-5,10H,6H2. The van der Waals surface area contributed by atoms with Crippen LogP contribution >= 0.6 is 0 Å². The molecule has 0 aromatic heterocycles. The average molecular weight is 162 g/mol. The summed E-state index contributed by atoms with van der Waals surface area (Å²) in [5, 5.41) is 13.4. The predicted octanol–water partition coefficient (Wildman–Crippen LogP) is 1.76. The van der Waals surface area contributed by atoms with Crippen molar-refractivity contribution in [2.45, 2.75) is 0 Å². The molecule has 0 atom stereocenters. The van der Waals surface area contributed by atoms with Crippen molar-refractivity contribution in [3.8, 4) is 5.75 Å². The van der Waals surface area contributed by atoms with Crippen LogP contribution in [-0.4, -0.2) is 6.61 Å². The molecule has 0 fully saturated rings. The minimum absolute atomic E-state index is 0.332. The molecule has 0 unspecified atom stereocenters. The van der Waals surface area contributed by atoms with Gasteiger partial charge in [-0.3, -0.25) is 0 Å². The Morgan fingerprint density at radius 3 is 3.00 bits per heavy atom. The summed E-state index contributed by atoms with van der Waals surface area (Å²) in [5.41, 5.74) is 0.898. The van der Waals surface area contributed by atoms with Gasteiger partial charge in [0.05, 0.1) is 5.69 Å². The van der Waals surface area contributed by atoms with E-state index in [-0.39, 0.29) is 6.61 Å². The fourth-order valence-corrected chi connectivity index (χ4v) is 1.07. The Kier molecular flexibility index (Phi) is 1.72. The first kappa shape index (κ1) is 7.18. The van der Waals surface area contributed by atoms with E-state index in [0.29, 0.717) is 11.5 Å². The Labute approximate surface area is 70.3 Å². The number of fused-ring (bicyclic) bond motifs is 1. The maximum Gasteiger partial charge on any atom is 0.150 e. The summed E-state index contributed by atoms with van der Waals surface area (Å²) in [6.07, 6.45) is 1.59. The molecular weight excluding hydrogens is 154 g/mol. The molecule has 0 saturated heterocycles. The first-order valence-electron chi connectivity index (χ1n) is 3.71. The highest BCUT2D eigenvalue weighted by Crippen LogP contribution is 2.28. The number of rotatable bonds is 1. The van der Waals surface area contributed by atoms with E-state index < -0.39 is 0 Å². The van der Waals surface area contributed by atoms with Gasteiger partial charge in [-0.25, -0.2) is 5.11 Å². The van der Waals surface area contributed by atoms with Gasteiger partial charge in [0.15, 0.2) is 5.75 Å². The zero-order valence-corrected chi connectivity index (χ0v) is 6.41. The molecule has 0 spiro atoms. The Bertz CT molecular complexity index is 320. The fraction of sp³-hybridized carbons (Fsp3) is 0.111. The molecule has 1 aromatic rings. The number of ether oxygens (including phenoxy) is 1. The molecule has 12 heavy (non-hydrogen) atoms. The van der Waals surface area contributed by atoms with E-state index in [2.05, 4.69) is 5.32 Å². The molecule has 0 saturated carbocycles. The molecule has 0 amide bonds. The monoisotopic (exact) mass is 162 g/mol. The second-order valence-corrected chi connectivity index (χ2v) is 2.50. The van der Waals surface area contributed by atoms with E-state index in [1.807, 2.05) is 24.3 Å². The zero-order chi connectivity index (χ0) is 8.39. The molecule has 0 aliphatic carbocycles. The third-order valence-corrected chi connectivity index (χ3v) is 1.66. The molecule has 61 valence electrons. The lowest BCUT2D eigenvalue weighted by atomic mass is 10.2. The Balaban J connectivity index is 2.31. The van der Waals surface area contributed by atoms with Gasteiger partial charge in [-0.1, -0.05) is 12.1 Å². The van der Waals surface area contributed by atoms with Crippen LogP contribution in [0, 0.1) is 0 Å². The van der Waals surface area contributed by atoms with Crippen LogP contribution in [0.1, 0.15) is 0 Å². The molecule has 1 radical (unpaired) electrons. The van der Waals surface area contributed by atoms with Crippen LogP contribution in [0.5, 0.6) is 5.75 Å². The Hall–Kier alpha value is -1.48. The number of para-hydroxylation sites is 2. The lowest BCUT2D eigenvalue weighted by Crippen LogP contribution is -2.08. The van der Waals surface area contributed by atoms with Crippen LogP contribution in [0.2, 0.25) is 0 Å². The summed E-state index contributed by atoms with van der Waals surface area (Å²) in [6, 6.07) is 7.50. The summed E-state index contributed by atoms with van der Waals surface area (Å²) < 4.78 is 5.27. The number of hydrogen-bond acceptors (Lipinski definition) is 2. The van der Waals surface area contributed by atoms with Gasteiger partial charge in [-0.15, -0.1) is 0 Å². The number of hydrogen-bond donors (Lipinski definition) is 1. The van der Waals surface area contributed by atoms with Crippen LogP contribution in [0.15, 0.2) is 36.2 Å². The lowest BCUT2D eigenvalue weighted by Gasteiger charge is -2.16. The van der Waals surface area contributed by atoms with Crippen molar-refractivity contribution in [1.29, 1.82) is 0 Å². The van der Waals surface area contributed by atoms with Gasteiger partial charge in [-0.05, 0) is 12.1 Å². The molecule has 0 bridgehead atoms. The smallest absolute Gasteiger partial charge is 0.150 e. The SMILES string of the molecule is [O]CC1=CNc2ccccc2O1. The van der Waals surface area contributed by atoms with Crippen molar-refractivity contribution in [2.24, 2.45) is 0 Å². The molecule has 2 rings (SSSR count). The topological polar surface area (TPSA) is 41.2 Å². The molecule has 3 heteroatoms. The van der Waals surface area contributed by atoms with Crippen LogP contribution in [0.4, 0.5) is 5.69 Å². The molecule has 1 aromatic carbocycles. The maximum absolute atomic E-state index is 10.5. The summed E-state index contributed by atoms with van der Waals surface area (Å²) in [7, 11) is 0. The van der Waals surface area contributed by atoms with Crippen LogP contribution < -0.4 is 10.1 Å². The first-order valence-corrected chi connectivity index (χ1v) is 3.71. The van der Waals surface area contributed by atoms with Crippen LogP contribution in [-0.2, 0) is 5.11 Å². The van der Waals surface area contributed by atoms with Gasteiger partial charge in [0, 0.05) is 6.20 Å². The zero-order valence-electron chi connectivity index (χ0n) is 6.41. The fourth-order valence-electron chi connectivity index (χ4n) is 1.07. The molecule has 1 aliphatic heterocycles. The Morgan fingerprint density at radius 2 is 2.17 bits per heavy atom. The number of anilines is 1. The molecule has 3 nitrogen and oxygen atoms in total. The molecule has 1 aliphatic rings. The van der Waals surface area contributed by atoms with Gasteiger partial charge in [0.1, 0.15) is 12.4 Å². The summed E-state index contributed by atoms with van der Waals surface area (Å²) >= 11 is 0. The van der Waals surface area contributed by atoms with Gasteiger partial charge >= 0.3 is 0 Å². The highest BCUT2D eigenvalue weighted by molar-refractivity contribution is 5.60. The average Bonchev–Trinajstić information content (AvgIpc) is 2.17. The van der Waals surface area contributed by atoms with Crippen molar-refractivity contribution in [2.75, 3.05) is 11.9 Å². The predicted molar refractivity (Wildman–Crippen MR) is 44.3 cm³/mol. The van der Waals surface area contributed by atoms with Crippen molar-refractivity contribution < 1.29 is 9.84 Å². The largest absolute Gasteiger partial charge is 0.455 e. The summed E-state index contributed by atoms with van der Waals surface area (Å²) in [4.78, 5) is 0. The minimum atomic E-state index is -0.332. The number of benzene rings is 1.